The standard InChI is InChI=1S/C8H13N/c1-6-7-3-8(6)5-9(2)4-7/h7H,3-5H2,1-2H3. The highest BCUT2D eigenvalue weighted by atomic mass is 15.1. The maximum Gasteiger partial charge on any atom is 0.0192 e. The maximum atomic E-state index is 2.41. The Balaban J connectivity index is 2.21. The van der Waals surface area contributed by atoms with Crippen LogP contribution in [0.2, 0.25) is 0 Å². The number of likely N-dealkylation sites (N-methyl/N-ethyl adjacent to an activating group) is 1. The second kappa shape index (κ2) is 1.60. The molecule has 1 nitrogen and oxygen atoms in total. The van der Waals surface area contributed by atoms with E-state index in [0.29, 0.717) is 0 Å². The maximum absolute atomic E-state index is 2.41. The molecule has 1 atom stereocenters. The predicted octanol–water partition coefficient (Wildman–Crippen LogP) is 1.27. The summed E-state index contributed by atoms with van der Waals surface area (Å²) in [6, 6.07) is 0. The van der Waals surface area contributed by atoms with Gasteiger partial charge in [-0.3, -0.25) is 0 Å². The van der Waals surface area contributed by atoms with Gasteiger partial charge in [-0.15, -0.1) is 0 Å². The molecule has 1 fully saturated rings. The molecule has 2 aliphatic heterocycles. The van der Waals surface area contributed by atoms with E-state index in [1.807, 2.05) is 0 Å². The molecule has 2 heterocycles. The first-order valence-corrected chi connectivity index (χ1v) is 3.64. The van der Waals surface area contributed by atoms with Crippen molar-refractivity contribution in [1.82, 2.24) is 4.90 Å². The van der Waals surface area contributed by atoms with Crippen LogP contribution >= 0.6 is 0 Å². The lowest BCUT2D eigenvalue weighted by Gasteiger charge is -2.42. The second-order valence-corrected chi connectivity index (χ2v) is 3.38. The van der Waals surface area contributed by atoms with Crippen molar-refractivity contribution in [1.29, 1.82) is 0 Å². The third kappa shape index (κ3) is 0.645. The van der Waals surface area contributed by atoms with Crippen LogP contribution in [0.1, 0.15) is 13.3 Å². The Bertz CT molecular complexity index is 169. The summed E-state index contributed by atoms with van der Waals surface area (Å²) in [4.78, 5) is 2.41. The molecule has 9 heavy (non-hydrogen) atoms. The van der Waals surface area contributed by atoms with Crippen molar-refractivity contribution in [3.8, 4) is 0 Å². The molecule has 3 rings (SSSR count). The molecule has 0 radical (unpaired) electrons. The van der Waals surface area contributed by atoms with Crippen LogP contribution in [0, 0.1) is 5.92 Å². The van der Waals surface area contributed by atoms with Crippen molar-refractivity contribution in [3.05, 3.63) is 11.1 Å². The summed E-state index contributed by atoms with van der Waals surface area (Å²) in [7, 11) is 2.21. The van der Waals surface area contributed by atoms with Gasteiger partial charge in [-0.2, -0.15) is 0 Å². The lowest BCUT2D eigenvalue weighted by molar-refractivity contribution is 0.238. The minimum absolute atomic E-state index is 0.929. The fraction of sp³-hybridized carbons (Fsp3) is 0.750. The molecule has 0 aromatic carbocycles. The molecule has 0 saturated carbocycles. The van der Waals surface area contributed by atoms with Crippen molar-refractivity contribution in [2.45, 2.75) is 13.3 Å². The molecule has 3 aliphatic rings. The van der Waals surface area contributed by atoms with Crippen LogP contribution in [0.3, 0.4) is 0 Å². The highest BCUT2D eigenvalue weighted by Crippen LogP contribution is 2.38. The van der Waals surface area contributed by atoms with E-state index in [1.165, 1.54) is 19.5 Å². The number of hydrogen-bond donors (Lipinski definition) is 0. The fourth-order valence-corrected chi connectivity index (χ4v) is 1.93. The Labute approximate surface area is 56.4 Å². The number of hydrogen-bond acceptors (Lipinski definition) is 1. The van der Waals surface area contributed by atoms with E-state index in [9.17, 15) is 0 Å². The van der Waals surface area contributed by atoms with E-state index in [-0.39, 0.29) is 0 Å². The summed E-state index contributed by atoms with van der Waals surface area (Å²) < 4.78 is 0. The zero-order valence-corrected chi connectivity index (χ0v) is 6.15. The third-order valence-corrected chi connectivity index (χ3v) is 2.66. The highest BCUT2D eigenvalue weighted by Gasteiger charge is 2.31. The van der Waals surface area contributed by atoms with E-state index < -0.39 is 0 Å². The van der Waals surface area contributed by atoms with Gasteiger partial charge < -0.3 is 4.90 Å². The van der Waals surface area contributed by atoms with Gasteiger partial charge in [0.15, 0.2) is 0 Å². The van der Waals surface area contributed by atoms with Gasteiger partial charge in [-0.25, -0.2) is 0 Å². The molecule has 0 aromatic rings. The first-order valence-electron chi connectivity index (χ1n) is 3.64. The summed E-state index contributed by atoms with van der Waals surface area (Å²) in [5.74, 6) is 0.929. The van der Waals surface area contributed by atoms with Crippen molar-refractivity contribution >= 4 is 0 Å². The minimum Gasteiger partial charge on any atom is -0.302 e. The van der Waals surface area contributed by atoms with Crippen molar-refractivity contribution in [3.63, 3.8) is 0 Å². The van der Waals surface area contributed by atoms with E-state index >= 15 is 0 Å². The van der Waals surface area contributed by atoms with Gasteiger partial charge in [0.05, 0.1) is 0 Å². The Morgan fingerprint density at radius 3 is 2.67 bits per heavy atom. The molecule has 2 bridgehead atoms. The first kappa shape index (κ1) is 5.48. The summed E-state index contributed by atoms with van der Waals surface area (Å²) in [5, 5.41) is 0. The van der Waals surface area contributed by atoms with Crippen molar-refractivity contribution in [2.24, 2.45) is 5.92 Å². The van der Waals surface area contributed by atoms with Gasteiger partial charge in [-0.05, 0) is 26.3 Å². The molecule has 0 spiro atoms. The monoisotopic (exact) mass is 123 g/mol. The Kier molecular flexibility index (Phi) is 0.974. The lowest BCUT2D eigenvalue weighted by atomic mass is 9.75. The molecule has 1 heteroatoms. The van der Waals surface area contributed by atoms with Crippen molar-refractivity contribution < 1.29 is 0 Å². The van der Waals surface area contributed by atoms with Gasteiger partial charge >= 0.3 is 0 Å². The molecule has 1 aliphatic carbocycles. The summed E-state index contributed by atoms with van der Waals surface area (Å²) in [6.07, 6.45) is 1.40. The first-order chi connectivity index (χ1) is 4.27. The zero-order chi connectivity index (χ0) is 6.43. The Morgan fingerprint density at radius 1 is 1.56 bits per heavy atom. The average Bonchev–Trinajstić information content (AvgIpc) is 1.87. The smallest absolute Gasteiger partial charge is 0.0192 e. The summed E-state index contributed by atoms with van der Waals surface area (Å²) >= 11 is 0. The van der Waals surface area contributed by atoms with Crippen LogP contribution in [0.4, 0.5) is 0 Å². The quantitative estimate of drug-likeness (QED) is 0.438. The fourth-order valence-electron chi connectivity index (χ4n) is 1.93. The van der Waals surface area contributed by atoms with Gasteiger partial charge in [0.2, 0.25) is 0 Å². The van der Waals surface area contributed by atoms with Crippen LogP contribution in [0.5, 0.6) is 0 Å². The SMILES string of the molecule is CC1=C2CC1CN(C)C2. The van der Waals surface area contributed by atoms with Crippen LogP contribution in [-0.4, -0.2) is 25.0 Å². The molecular formula is C8H13N. The van der Waals surface area contributed by atoms with E-state index in [2.05, 4.69) is 18.9 Å². The summed E-state index contributed by atoms with van der Waals surface area (Å²) in [5.41, 5.74) is 3.39. The van der Waals surface area contributed by atoms with Crippen molar-refractivity contribution in [2.75, 3.05) is 20.1 Å². The third-order valence-electron chi connectivity index (χ3n) is 2.66. The summed E-state index contributed by atoms with van der Waals surface area (Å²) in [6.45, 7) is 4.83. The number of fused-ring (bicyclic) bond motifs is 2. The molecule has 0 N–H and O–H groups in total. The minimum atomic E-state index is 0.929. The number of rotatable bonds is 0. The topological polar surface area (TPSA) is 3.24 Å². The van der Waals surface area contributed by atoms with E-state index in [4.69, 9.17) is 0 Å². The van der Waals surface area contributed by atoms with E-state index in [1.54, 1.807) is 11.1 Å². The second-order valence-electron chi connectivity index (χ2n) is 3.38. The zero-order valence-electron chi connectivity index (χ0n) is 6.15. The van der Waals surface area contributed by atoms with Gasteiger partial charge in [-0.1, -0.05) is 11.1 Å². The Hall–Kier alpha value is -0.300. The van der Waals surface area contributed by atoms with Crippen LogP contribution in [-0.2, 0) is 0 Å². The molecular weight excluding hydrogens is 110 g/mol. The highest BCUT2D eigenvalue weighted by molar-refractivity contribution is 5.31. The molecule has 0 amide bonds. The molecule has 1 saturated heterocycles. The average molecular weight is 123 g/mol. The largest absolute Gasteiger partial charge is 0.302 e. The number of nitrogens with zero attached hydrogens (tertiary/aromatic N) is 1. The van der Waals surface area contributed by atoms with Gasteiger partial charge in [0, 0.05) is 13.1 Å². The van der Waals surface area contributed by atoms with Crippen LogP contribution in [0.15, 0.2) is 11.1 Å². The van der Waals surface area contributed by atoms with Crippen LogP contribution in [0.25, 0.3) is 0 Å². The molecule has 50 valence electrons. The van der Waals surface area contributed by atoms with Crippen LogP contribution < -0.4 is 0 Å². The number of piperidine rings is 1. The molecule has 1 unspecified atom stereocenters. The van der Waals surface area contributed by atoms with E-state index in [0.717, 1.165) is 5.92 Å². The lowest BCUT2D eigenvalue weighted by Crippen LogP contribution is -2.41. The van der Waals surface area contributed by atoms with Gasteiger partial charge in [0.25, 0.3) is 0 Å². The normalized spacial score (nSPS) is 34.7. The molecule has 0 aromatic heterocycles. The van der Waals surface area contributed by atoms with Gasteiger partial charge in [0.1, 0.15) is 0 Å². The Morgan fingerprint density at radius 2 is 2.33 bits per heavy atom. The predicted molar refractivity (Wildman–Crippen MR) is 38.3 cm³/mol.